The van der Waals surface area contributed by atoms with Crippen molar-refractivity contribution in [2.75, 3.05) is 6.61 Å². The van der Waals surface area contributed by atoms with Gasteiger partial charge in [0.15, 0.2) is 6.10 Å². The Balaban J connectivity index is 1.17. The van der Waals surface area contributed by atoms with Crippen molar-refractivity contribution >= 4 is 18.2 Å². The van der Waals surface area contributed by atoms with Crippen molar-refractivity contribution < 1.29 is 48.3 Å². The number of carbonyl (C=O) groups excluding carboxylic acids is 3. The Morgan fingerprint density at radius 2 is 1.88 bits per heavy atom. The monoisotopic (exact) mass is 574 g/mol. The van der Waals surface area contributed by atoms with Crippen LogP contribution in [0.25, 0.3) is 0 Å². The fraction of sp³-hybridized carbons (Fsp3) is 0.839. The fourth-order valence-electron chi connectivity index (χ4n) is 10.5. The Bertz CT molecular complexity index is 1170. The minimum atomic E-state index is -1.97. The van der Waals surface area contributed by atoms with E-state index in [1.807, 2.05) is 6.92 Å². The summed E-state index contributed by atoms with van der Waals surface area (Å²) in [5.74, 6) is -2.75. The van der Waals surface area contributed by atoms with E-state index in [-0.39, 0.29) is 48.3 Å². The molecular formula is C31H42O10. The number of hydrogen-bond acceptors (Lipinski definition) is 10. The minimum absolute atomic E-state index is 0.0326. The van der Waals surface area contributed by atoms with Gasteiger partial charge in [0, 0.05) is 30.3 Å². The lowest BCUT2D eigenvalue weighted by Crippen LogP contribution is -2.71. The maximum Gasteiger partial charge on any atom is 0.331 e. The molecule has 2 N–H and O–H groups in total. The van der Waals surface area contributed by atoms with Crippen molar-refractivity contribution in [1.82, 2.24) is 0 Å². The van der Waals surface area contributed by atoms with Crippen molar-refractivity contribution in [3.63, 3.8) is 0 Å². The number of carbonyl (C=O) groups is 3. The van der Waals surface area contributed by atoms with E-state index < -0.39 is 46.7 Å². The van der Waals surface area contributed by atoms with Crippen LogP contribution in [-0.4, -0.2) is 77.1 Å². The maximum atomic E-state index is 13.2. The molecule has 41 heavy (non-hydrogen) atoms. The van der Waals surface area contributed by atoms with Gasteiger partial charge < -0.3 is 38.7 Å². The van der Waals surface area contributed by atoms with Gasteiger partial charge in [-0.15, -0.1) is 0 Å². The first-order valence-corrected chi connectivity index (χ1v) is 15.4. The molecule has 7 rings (SSSR count). The zero-order valence-electron chi connectivity index (χ0n) is 24.1. The molecule has 3 heterocycles. The van der Waals surface area contributed by atoms with E-state index in [9.17, 15) is 24.6 Å². The molecule has 3 aliphatic heterocycles. The Kier molecular flexibility index (Phi) is 6.36. The van der Waals surface area contributed by atoms with Crippen LogP contribution in [0.5, 0.6) is 0 Å². The summed E-state index contributed by atoms with van der Waals surface area (Å²) in [5.41, 5.74) is -1.10. The van der Waals surface area contributed by atoms with Gasteiger partial charge in [-0.25, -0.2) is 4.79 Å². The van der Waals surface area contributed by atoms with Gasteiger partial charge in [0.2, 0.25) is 6.29 Å². The van der Waals surface area contributed by atoms with Crippen LogP contribution in [-0.2, 0) is 38.1 Å². The van der Waals surface area contributed by atoms with Crippen molar-refractivity contribution in [3.05, 3.63) is 11.6 Å². The van der Waals surface area contributed by atoms with Crippen LogP contribution in [0.3, 0.4) is 0 Å². The summed E-state index contributed by atoms with van der Waals surface area (Å²) in [4.78, 5) is 37.0. The van der Waals surface area contributed by atoms with Crippen molar-refractivity contribution in [1.29, 1.82) is 0 Å². The van der Waals surface area contributed by atoms with Crippen molar-refractivity contribution in [2.45, 2.75) is 121 Å². The van der Waals surface area contributed by atoms with Gasteiger partial charge in [-0.05, 0) is 87.5 Å². The third-order valence-electron chi connectivity index (χ3n) is 12.4. The molecule has 0 aromatic rings. The Hall–Kier alpha value is -1.85. The van der Waals surface area contributed by atoms with Gasteiger partial charge in [0.1, 0.15) is 12.9 Å². The quantitative estimate of drug-likeness (QED) is 0.294. The van der Waals surface area contributed by atoms with E-state index in [1.165, 1.54) is 6.92 Å². The smallest absolute Gasteiger partial charge is 0.331 e. The molecule has 4 saturated carbocycles. The van der Waals surface area contributed by atoms with E-state index >= 15 is 0 Å². The first-order chi connectivity index (χ1) is 19.4. The predicted molar refractivity (Wildman–Crippen MR) is 141 cm³/mol. The van der Waals surface area contributed by atoms with Gasteiger partial charge in [-0.2, -0.15) is 0 Å². The lowest BCUT2D eigenvalue weighted by Gasteiger charge is -2.64. The predicted octanol–water partition coefficient (Wildman–Crippen LogP) is 2.57. The Morgan fingerprint density at radius 1 is 1.07 bits per heavy atom. The second-order valence-corrected chi connectivity index (χ2v) is 14.2. The molecule has 10 nitrogen and oxygen atoms in total. The summed E-state index contributed by atoms with van der Waals surface area (Å²) < 4.78 is 29.4. The van der Waals surface area contributed by atoms with Crippen molar-refractivity contribution in [2.24, 2.45) is 34.5 Å². The molecule has 13 unspecified atom stereocenters. The maximum absolute atomic E-state index is 13.2. The summed E-state index contributed by atoms with van der Waals surface area (Å²) in [6, 6.07) is 0. The topological polar surface area (TPSA) is 138 Å². The van der Waals surface area contributed by atoms with Crippen LogP contribution in [0.2, 0.25) is 0 Å². The first kappa shape index (κ1) is 28.0. The lowest BCUT2D eigenvalue weighted by atomic mass is 9.42. The largest absolute Gasteiger partial charge is 0.458 e. The minimum Gasteiger partial charge on any atom is -0.458 e. The zero-order valence-corrected chi connectivity index (χ0v) is 24.1. The molecule has 0 bridgehead atoms. The highest BCUT2D eigenvalue weighted by Crippen LogP contribution is 2.70. The van der Waals surface area contributed by atoms with Crippen LogP contribution in [0.15, 0.2) is 11.6 Å². The number of fused-ring (bicyclic) bond motifs is 7. The highest BCUT2D eigenvalue weighted by Gasteiger charge is 2.70. The molecule has 7 aliphatic rings. The van der Waals surface area contributed by atoms with E-state index in [0.29, 0.717) is 25.9 Å². The molecular weight excluding hydrogens is 532 g/mol. The van der Waals surface area contributed by atoms with Gasteiger partial charge in [-0.3, -0.25) is 4.79 Å². The third-order valence-corrected chi connectivity index (χ3v) is 12.4. The first-order valence-electron chi connectivity index (χ1n) is 15.4. The number of esters is 2. The van der Waals surface area contributed by atoms with E-state index in [1.54, 1.807) is 6.08 Å². The zero-order chi connectivity index (χ0) is 28.9. The molecule has 226 valence electrons. The summed E-state index contributed by atoms with van der Waals surface area (Å²) in [5, 5.41) is 24.2. The van der Waals surface area contributed by atoms with Crippen molar-refractivity contribution in [3.8, 4) is 0 Å². The normalized spacial score (nSPS) is 53.9. The summed E-state index contributed by atoms with van der Waals surface area (Å²) in [6.07, 6.45) is 5.24. The van der Waals surface area contributed by atoms with E-state index in [2.05, 4.69) is 6.92 Å². The molecule has 0 radical (unpaired) electrons. The number of cyclic esters (lactones) is 1. The molecule has 13 atom stereocenters. The standard InChI is InChI=1S/C31H42O10/c1-16-10-25(39-17(2)33)31(36)27(38-16)40-23-12-19-4-5-22-21(29(19,15-32)13-24(23)41-31)6-8-28(3)20(7-9-30(22,28)35)18-11-26(34)37-14-18/h11,15-16,19-25,27,35-36H,4-10,12-14H2,1-3H3. The van der Waals surface area contributed by atoms with Gasteiger partial charge in [0.25, 0.3) is 5.79 Å². The SMILES string of the molecule is CC(=O)OC1CC(C)OC2OC3CC4CCC5C(CCC6(C)C(C7=CC(=O)OC7)CCC56O)C4(C=O)CC3OC12O. The Labute approximate surface area is 240 Å². The molecule has 10 heteroatoms. The summed E-state index contributed by atoms with van der Waals surface area (Å²) in [6.45, 7) is 5.59. The van der Waals surface area contributed by atoms with Crippen LogP contribution < -0.4 is 0 Å². The second-order valence-electron chi connectivity index (χ2n) is 14.2. The number of ether oxygens (including phenoxy) is 5. The molecule has 0 aromatic carbocycles. The van der Waals surface area contributed by atoms with Crippen LogP contribution in [0, 0.1) is 34.5 Å². The van der Waals surface area contributed by atoms with Crippen LogP contribution in [0.4, 0.5) is 0 Å². The average Bonchev–Trinajstić information content (AvgIpc) is 3.46. The average molecular weight is 575 g/mol. The third kappa shape index (κ3) is 3.83. The number of aliphatic hydroxyl groups is 2. The summed E-state index contributed by atoms with van der Waals surface area (Å²) in [7, 11) is 0. The number of aldehydes is 1. The molecule has 2 saturated heterocycles. The number of hydrogen-bond donors (Lipinski definition) is 2. The number of rotatable bonds is 3. The van der Waals surface area contributed by atoms with Crippen LogP contribution >= 0.6 is 0 Å². The Morgan fingerprint density at radius 3 is 2.59 bits per heavy atom. The molecule has 0 amide bonds. The lowest BCUT2D eigenvalue weighted by molar-refractivity contribution is -0.457. The van der Waals surface area contributed by atoms with Crippen LogP contribution in [0.1, 0.15) is 78.6 Å². The van der Waals surface area contributed by atoms with Gasteiger partial charge in [0.05, 0.1) is 23.9 Å². The molecule has 0 spiro atoms. The summed E-state index contributed by atoms with van der Waals surface area (Å²) >= 11 is 0. The van der Waals surface area contributed by atoms with E-state index in [4.69, 9.17) is 23.7 Å². The highest BCUT2D eigenvalue weighted by molar-refractivity contribution is 5.85. The molecule has 0 aromatic heterocycles. The molecule has 4 aliphatic carbocycles. The van der Waals surface area contributed by atoms with Gasteiger partial charge >= 0.3 is 11.9 Å². The van der Waals surface area contributed by atoms with E-state index in [0.717, 1.165) is 44.0 Å². The fourth-order valence-corrected chi connectivity index (χ4v) is 10.5. The molecule has 6 fully saturated rings. The van der Waals surface area contributed by atoms with Gasteiger partial charge in [-0.1, -0.05) is 6.92 Å². The highest BCUT2D eigenvalue weighted by atomic mass is 16.8. The second kappa shape index (κ2) is 9.32.